The highest BCUT2D eigenvalue weighted by Gasteiger charge is 2.27. The smallest absolute Gasteiger partial charge is 0.389 e. The molecule has 1 heterocycles. The van der Waals surface area contributed by atoms with Crippen LogP contribution in [0.4, 0.5) is 13.2 Å². The van der Waals surface area contributed by atoms with Crippen molar-refractivity contribution in [2.45, 2.75) is 25.4 Å². The van der Waals surface area contributed by atoms with Gasteiger partial charge in [0.25, 0.3) is 0 Å². The topological polar surface area (TPSA) is 54.7 Å². The van der Waals surface area contributed by atoms with Gasteiger partial charge in [-0.05, 0) is 5.56 Å². The van der Waals surface area contributed by atoms with Crippen molar-refractivity contribution < 1.29 is 13.2 Å². The second-order valence-electron chi connectivity index (χ2n) is 4.81. The van der Waals surface area contributed by atoms with Crippen molar-refractivity contribution in [1.82, 2.24) is 9.97 Å². The lowest BCUT2D eigenvalue weighted by Gasteiger charge is -2.03. The summed E-state index contributed by atoms with van der Waals surface area (Å²) in [6, 6.07) is 9.53. The number of rotatable bonds is 4. The van der Waals surface area contributed by atoms with Crippen LogP contribution in [-0.4, -0.2) is 16.1 Å². The number of nitrogens with two attached hydrogens (primary N) is 1. The zero-order valence-corrected chi connectivity index (χ0v) is 11.4. The van der Waals surface area contributed by atoms with Crippen molar-refractivity contribution in [3.63, 3.8) is 0 Å². The second-order valence-corrected chi connectivity index (χ2v) is 4.81. The molecular formula is C15H16F3N3. The molecule has 0 atom stereocenters. The fourth-order valence-electron chi connectivity index (χ4n) is 1.96. The lowest BCUT2D eigenvalue weighted by molar-refractivity contribution is -0.134. The van der Waals surface area contributed by atoms with Crippen molar-refractivity contribution in [2.75, 3.05) is 0 Å². The van der Waals surface area contributed by atoms with E-state index in [1.165, 1.54) is 0 Å². The number of H-pyrrole nitrogens is 1. The van der Waals surface area contributed by atoms with Gasteiger partial charge in [0.15, 0.2) is 0 Å². The molecule has 2 rings (SSSR count). The predicted molar refractivity (Wildman–Crippen MR) is 75.5 cm³/mol. The third-order valence-corrected chi connectivity index (χ3v) is 3.05. The van der Waals surface area contributed by atoms with E-state index in [4.69, 9.17) is 5.73 Å². The molecule has 1 aromatic heterocycles. The normalized spacial score (nSPS) is 13.3. The van der Waals surface area contributed by atoms with Gasteiger partial charge >= 0.3 is 6.18 Å². The van der Waals surface area contributed by atoms with Gasteiger partial charge in [-0.25, -0.2) is 4.98 Å². The Kier molecular flexibility index (Phi) is 4.35. The van der Waals surface area contributed by atoms with Crippen LogP contribution in [0.15, 0.2) is 30.3 Å². The third kappa shape index (κ3) is 4.37. The molecule has 0 saturated carbocycles. The molecule has 0 aliphatic rings. The van der Waals surface area contributed by atoms with Crippen LogP contribution >= 0.6 is 0 Å². The molecule has 0 aliphatic carbocycles. The Bertz CT molecular complexity index is 702. The summed E-state index contributed by atoms with van der Waals surface area (Å²) in [6.45, 7) is 3.68. The summed E-state index contributed by atoms with van der Waals surface area (Å²) in [7, 11) is 0. The number of aromatic nitrogens is 2. The molecule has 0 amide bonds. The molecule has 0 unspecified atom stereocenters. The number of benzene rings is 1. The molecule has 0 fully saturated rings. The van der Waals surface area contributed by atoms with Gasteiger partial charge in [-0.2, -0.15) is 13.2 Å². The van der Waals surface area contributed by atoms with Crippen LogP contribution in [0.25, 0.3) is 12.3 Å². The van der Waals surface area contributed by atoms with Crippen molar-refractivity contribution >= 4 is 12.3 Å². The number of imidazole rings is 1. The molecule has 3 N–H and O–H groups in total. The molecule has 1 aromatic carbocycles. The maximum Gasteiger partial charge on any atom is 0.389 e. The zero-order valence-electron chi connectivity index (χ0n) is 11.4. The number of aromatic amines is 1. The predicted octanol–water partition coefficient (Wildman–Crippen LogP) is 1.62. The molecule has 0 bridgehead atoms. The zero-order chi connectivity index (χ0) is 15.5. The molecule has 112 valence electrons. The van der Waals surface area contributed by atoms with Crippen LogP contribution in [-0.2, 0) is 12.8 Å². The number of nitrogens with zero attached hydrogens (tertiary/aromatic N) is 1. The minimum atomic E-state index is -4.20. The molecular weight excluding hydrogens is 279 g/mol. The number of alkyl halides is 3. The Balaban J connectivity index is 2.20. The van der Waals surface area contributed by atoms with Gasteiger partial charge in [0.05, 0.1) is 16.7 Å². The van der Waals surface area contributed by atoms with Crippen molar-refractivity contribution in [3.8, 4) is 0 Å². The molecule has 2 aromatic rings. The number of halogens is 3. The highest BCUT2D eigenvalue weighted by molar-refractivity contribution is 5.42. The summed E-state index contributed by atoms with van der Waals surface area (Å²) in [5.74, 6) is 0. The monoisotopic (exact) mass is 295 g/mol. The van der Waals surface area contributed by atoms with Gasteiger partial charge in [-0.15, -0.1) is 0 Å². The van der Waals surface area contributed by atoms with E-state index < -0.39 is 12.6 Å². The van der Waals surface area contributed by atoms with E-state index in [9.17, 15) is 13.2 Å². The van der Waals surface area contributed by atoms with Gasteiger partial charge in [0.1, 0.15) is 5.48 Å². The van der Waals surface area contributed by atoms with Gasteiger partial charge in [0, 0.05) is 19.3 Å². The van der Waals surface area contributed by atoms with Crippen molar-refractivity contribution in [1.29, 1.82) is 0 Å². The molecule has 21 heavy (non-hydrogen) atoms. The molecule has 0 radical (unpaired) electrons. The first-order chi connectivity index (χ1) is 9.85. The quantitative estimate of drug-likeness (QED) is 0.900. The first-order valence-corrected chi connectivity index (χ1v) is 6.48. The summed E-state index contributed by atoms with van der Waals surface area (Å²) in [5.41, 5.74) is 8.14. The molecule has 0 aliphatic heterocycles. The Hall–Kier alpha value is -2.24. The number of aryl methyl sites for hydroxylation is 1. The molecule has 3 nitrogen and oxygen atoms in total. The van der Waals surface area contributed by atoms with Crippen LogP contribution in [0.1, 0.15) is 17.7 Å². The lowest BCUT2D eigenvalue weighted by Crippen LogP contribution is -2.20. The van der Waals surface area contributed by atoms with E-state index in [0.717, 1.165) is 5.56 Å². The summed E-state index contributed by atoms with van der Waals surface area (Å²) < 4.78 is 36.7. The van der Waals surface area contributed by atoms with Gasteiger partial charge in [-0.1, -0.05) is 36.9 Å². The van der Waals surface area contributed by atoms with Crippen LogP contribution in [0.2, 0.25) is 0 Å². The lowest BCUT2D eigenvalue weighted by atomic mass is 10.1. The maximum absolute atomic E-state index is 12.2. The standard InChI is InChI=1S/C15H16F3N3/c1-10-13(7-8-15(16,17)18)21-14(20-10)12(19)9-11-5-3-2-4-6-11/h2-6,20H,1,7-9,19H2. The SMILES string of the molecule is C=c1[nH]c(=C(N)Cc2ccccc2)nc1CCC(F)(F)F. The third-order valence-electron chi connectivity index (χ3n) is 3.05. The summed E-state index contributed by atoms with van der Waals surface area (Å²) >= 11 is 0. The average molecular weight is 295 g/mol. The summed E-state index contributed by atoms with van der Waals surface area (Å²) in [5, 5.41) is 0.380. The summed E-state index contributed by atoms with van der Waals surface area (Å²) in [4.78, 5) is 6.98. The summed E-state index contributed by atoms with van der Waals surface area (Å²) in [6.07, 6.45) is -4.84. The Morgan fingerprint density at radius 1 is 1.24 bits per heavy atom. The highest BCUT2D eigenvalue weighted by Crippen LogP contribution is 2.20. The fraction of sp³-hybridized carbons (Fsp3) is 0.267. The molecule has 0 saturated heterocycles. The van der Waals surface area contributed by atoms with E-state index >= 15 is 0 Å². The van der Waals surface area contributed by atoms with E-state index in [1.807, 2.05) is 30.3 Å². The van der Waals surface area contributed by atoms with Gasteiger partial charge in [0.2, 0.25) is 0 Å². The Morgan fingerprint density at radius 3 is 2.52 bits per heavy atom. The molecule has 0 spiro atoms. The van der Waals surface area contributed by atoms with Crippen molar-refractivity contribution in [3.05, 3.63) is 52.4 Å². The second kappa shape index (κ2) is 6.03. The minimum Gasteiger partial charge on any atom is -0.399 e. The largest absolute Gasteiger partial charge is 0.399 e. The number of nitrogens with one attached hydrogen (secondary N) is 1. The van der Waals surface area contributed by atoms with Crippen molar-refractivity contribution in [2.24, 2.45) is 5.73 Å². The highest BCUT2D eigenvalue weighted by atomic mass is 19.4. The number of hydrogen-bond acceptors (Lipinski definition) is 2. The molecule has 6 heteroatoms. The first-order valence-electron chi connectivity index (χ1n) is 6.48. The van der Waals surface area contributed by atoms with Crippen LogP contribution in [0, 0.1) is 0 Å². The van der Waals surface area contributed by atoms with Gasteiger partial charge in [-0.3, -0.25) is 0 Å². The number of hydrogen-bond donors (Lipinski definition) is 2. The van der Waals surface area contributed by atoms with E-state index in [2.05, 4.69) is 16.5 Å². The van der Waals surface area contributed by atoms with Crippen LogP contribution < -0.4 is 16.6 Å². The van der Waals surface area contributed by atoms with E-state index in [1.54, 1.807) is 0 Å². The van der Waals surface area contributed by atoms with Crippen LogP contribution in [0.3, 0.4) is 0 Å². The Morgan fingerprint density at radius 2 is 1.90 bits per heavy atom. The van der Waals surface area contributed by atoms with Gasteiger partial charge < -0.3 is 10.7 Å². The maximum atomic E-state index is 12.2. The Labute approximate surface area is 120 Å². The fourth-order valence-corrected chi connectivity index (χ4v) is 1.96. The van der Waals surface area contributed by atoms with E-state index in [0.29, 0.717) is 28.6 Å². The van der Waals surface area contributed by atoms with Crippen LogP contribution in [0.5, 0.6) is 0 Å². The van der Waals surface area contributed by atoms with E-state index in [-0.39, 0.29) is 6.42 Å². The minimum absolute atomic E-state index is 0.197. The average Bonchev–Trinajstić information content (AvgIpc) is 2.78. The first kappa shape index (κ1) is 15.2.